The van der Waals surface area contributed by atoms with Gasteiger partial charge in [-0.1, -0.05) is 25.1 Å². The Morgan fingerprint density at radius 3 is 2.50 bits per heavy atom. The van der Waals surface area contributed by atoms with Gasteiger partial charge in [0.1, 0.15) is 11.9 Å². The summed E-state index contributed by atoms with van der Waals surface area (Å²) in [4.78, 5) is 26.5. The van der Waals surface area contributed by atoms with Gasteiger partial charge in [-0.05, 0) is 42.3 Å². The molecule has 0 saturated carbocycles. The first-order valence-corrected chi connectivity index (χ1v) is 9.18. The fourth-order valence-corrected chi connectivity index (χ4v) is 2.96. The average Bonchev–Trinajstić information content (AvgIpc) is 3.18. The van der Waals surface area contributed by atoms with Gasteiger partial charge in [0.2, 0.25) is 18.6 Å². The number of hydrogen-bond donors (Lipinski definition) is 1. The van der Waals surface area contributed by atoms with Gasteiger partial charge < -0.3 is 19.7 Å². The number of benzene rings is 2. The van der Waals surface area contributed by atoms with E-state index in [4.69, 9.17) is 9.47 Å². The van der Waals surface area contributed by atoms with Crippen molar-refractivity contribution in [3.8, 4) is 11.5 Å². The SMILES string of the molecule is CCC(=O)N(Cc1ccc(F)cc1)C(C)C(=O)NCc1ccc2c(c1)OCO2. The van der Waals surface area contributed by atoms with E-state index in [1.807, 2.05) is 12.1 Å². The van der Waals surface area contributed by atoms with Crippen LogP contribution in [0, 0.1) is 5.82 Å². The molecule has 1 unspecified atom stereocenters. The lowest BCUT2D eigenvalue weighted by Crippen LogP contribution is -2.47. The molecule has 0 fully saturated rings. The van der Waals surface area contributed by atoms with Gasteiger partial charge in [-0.2, -0.15) is 0 Å². The normalized spacial score (nSPS) is 13.1. The van der Waals surface area contributed by atoms with E-state index in [0.717, 1.165) is 11.1 Å². The van der Waals surface area contributed by atoms with Crippen LogP contribution in [0.1, 0.15) is 31.4 Å². The lowest BCUT2D eigenvalue weighted by atomic mass is 10.1. The smallest absolute Gasteiger partial charge is 0.242 e. The van der Waals surface area contributed by atoms with Crippen LogP contribution in [0.4, 0.5) is 4.39 Å². The largest absolute Gasteiger partial charge is 0.454 e. The standard InChI is InChI=1S/C21H23FN2O4/c1-3-20(25)24(12-15-4-7-17(22)8-5-15)14(2)21(26)23-11-16-6-9-18-19(10-16)28-13-27-18/h4-10,14H,3,11-13H2,1-2H3,(H,23,26). The third-order valence-corrected chi connectivity index (χ3v) is 4.64. The Hall–Kier alpha value is -3.09. The predicted octanol–water partition coefficient (Wildman–Crippen LogP) is 3.00. The zero-order chi connectivity index (χ0) is 20.1. The Balaban J connectivity index is 1.64. The number of ether oxygens (including phenoxy) is 2. The molecular formula is C21H23FN2O4. The molecular weight excluding hydrogens is 363 g/mol. The van der Waals surface area contributed by atoms with E-state index in [0.29, 0.717) is 18.0 Å². The van der Waals surface area contributed by atoms with E-state index >= 15 is 0 Å². The summed E-state index contributed by atoms with van der Waals surface area (Å²) >= 11 is 0. The number of nitrogens with one attached hydrogen (secondary N) is 1. The highest BCUT2D eigenvalue weighted by Gasteiger charge is 2.25. The Morgan fingerprint density at radius 1 is 1.11 bits per heavy atom. The van der Waals surface area contributed by atoms with Crippen molar-refractivity contribution < 1.29 is 23.5 Å². The van der Waals surface area contributed by atoms with Crippen molar-refractivity contribution in [2.45, 2.75) is 39.4 Å². The summed E-state index contributed by atoms with van der Waals surface area (Å²) in [6.07, 6.45) is 0.279. The number of hydrogen-bond acceptors (Lipinski definition) is 4. The molecule has 3 rings (SSSR count). The fraction of sp³-hybridized carbons (Fsp3) is 0.333. The molecule has 1 heterocycles. The zero-order valence-electron chi connectivity index (χ0n) is 15.9. The molecule has 28 heavy (non-hydrogen) atoms. The summed E-state index contributed by atoms with van der Waals surface area (Å²) in [7, 11) is 0. The Kier molecular flexibility index (Phi) is 6.13. The van der Waals surface area contributed by atoms with Crippen LogP contribution in [-0.2, 0) is 22.7 Å². The summed E-state index contributed by atoms with van der Waals surface area (Å²) in [5, 5.41) is 2.86. The molecule has 1 aliphatic rings. The molecule has 0 aromatic heterocycles. The van der Waals surface area contributed by atoms with Gasteiger partial charge in [0.25, 0.3) is 0 Å². The second-order valence-corrected chi connectivity index (χ2v) is 6.58. The van der Waals surface area contributed by atoms with Crippen LogP contribution in [0.15, 0.2) is 42.5 Å². The van der Waals surface area contributed by atoms with Crippen molar-refractivity contribution in [2.75, 3.05) is 6.79 Å². The minimum Gasteiger partial charge on any atom is -0.454 e. The third-order valence-electron chi connectivity index (χ3n) is 4.64. The number of carbonyl (C=O) groups excluding carboxylic acids is 2. The second kappa shape index (κ2) is 8.73. The van der Waals surface area contributed by atoms with Crippen LogP contribution >= 0.6 is 0 Å². The number of amides is 2. The monoisotopic (exact) mass is 386 g/mol. The summed E-state index contributed by atoms with van der Waals surface area (Å²) in [5.41, 5.74) is 1.63. The van der Waals surface area contributed by atoms with Gasteiger partial charge in [0, 0.05) is 19.5 Å². The van der Waals surface area contributed by atoms with E-state index in [2.05, 4.69) is 5.32 Å². The van der Waals surface area contributed by atoms with Gasteiger partial charge in [-0.15, -0.1) is 0 Å². The van der Waals surface area contributed by atoms with Gasteiger partial charge in [0.05, 0.1) is 0 Å². The average molecular weight is 386 g/mol. The molecule has 1 atom stereocenters. The summed E-state index contributed by atoms with van der Waals surface area (Å²) < 4.78 is 23.7. The molecule has 0 spiro atoms. The first-order chi connectivity index (χ1) is 13.5. The van der Waals surface area contributed by atoms with E-state index in [-0.39, 0.29) is 37.4 Å². The van der Waals surface area contributed by atoms with E-state index in [1.165, 1.54) is 17.0 Å². The first kappa shape index (κ1) is 19.7. The molecule has 148 valence electrons. The Bertz CT molecular complexity index is 854. The third kappa shape index (κ3) is 4.60. The quantitative estimate of drug-likeness (QED) is 0.794. The molecule has 1 N–H and O–H groups in total. The maximum absolute atomic E-state index is 13.1. The van der Waals surface area contributed by atoms with Crippen molar-refractivity contribution in [1.82, 2.24) is 10.2 Å². The van der Waals surface area contributed by atoms with Crippen LogP contribution < -0.4 is 14.8 Å². The van der Waals surface area contributed by atoms with Gasteiger partial charge in [-0.25, -0.2) is 4.39 Å². The van der Waals surface area contributed by atoms with Crippen LogP contribution in [-0.4, -0.2) is 29.5 Å². The van der Waals surface area contributed by atoms with Crippen molar-refractivity contribution in [2.24, 2.45) is 0 Å². The molecule has 0 bridgehead atoms. The lowest BCUT2D eigenvalue weighted by Gasteiger charge is -2.28. The highest BCUT2D eigenvalue weighted by Crippen LogP contribution is 2.32. The summed E-state index contributed by atoms with van der Waals surface area (Å²) in [5.74, 6) is 0.588. The molecule has 0 radical (unpaired) electrons. The highest BCUT2D eigenvalue weighted by molar-refractivity contribution is 5.87. The summed E-state index contributed by atoms with van der Waals surface area (Å²) in [6, 6.07) is 10.7. The van der Waals surface area contributed by atoms with E-state index < -0.39 is 6.04 Å². The van der Waals surface area contributed by atoms with Crippen LogP contribution in [0.3, 0.4) is 0 Å². The molecule has 2 aromatic carbocycles. The number of nitrogens with zero attached hydrogens (tertiary/aromatic N) is 1. The van der Waals surface area contributed by atoms with Crippen molar-refractivity contribution in [1.29, 1.82) is 0 Å². The maximum atomic E-state index is 13.1. The molecule has 7 heteroatoms. The number of fused-ring (bicyclic) bond motifs is 1. The first-order valence-electron chi connectivity index (χ1n) is 9.18. The topological polar surface area (TPSA) is 67.9 Å². The number of carbonyl (C=O) groups is 2. The molecule has 2 amide bonds. The predicted molar refractivity (Wildman–Crippen MR) is 101 cm³/mol. The van der Waals surface area contributed by atoms with Crippen LogP contribution in [0.5, 0.6) is 11.5 Å². The van der Waals surface area contributed by atoms with Crippen molar-refractivity contribution in [3.63, 3.8) is 0 Å². The van der Waals surface area contributed by atoms with Crippen molar-refractivity contribution >= 4 is 11.8 Å². The zero-order valence-corrected chi connectivity index (χ0v) is 15.9. The van der Waals surface area contributed by atoms with E-state index in [9.17, 15) is 14.0 Å². The summed E-state index contributed by atoms with van der Waals surface area (Å²) in [6.45, 7) is 4.18. The maximum Gasteiger partial charge on any atom is 0.242 e. The minimum atomic E-state index is -0.661. The van der Waals surface area contributed by atoms with Crippen LogP contribution in [0.2, 0.25) is 0 Å². The highest BCUT2D eigenvalue weighted by atomic mass is 19.1. The van der Waals surface area contributed by atoms with E-state index in [1.54, 1.807) is 32.0 Å². The fourth-order valence-electron chi connectivity index (χ4n) is 2.96. The Labute approximate surface area is 163 Å². The van der Waals surface area contributed by atoms with Gasteiger partial charge >= 0.3 is 0 Å². The molecule has 0 aliphatic carbocycles. The number of rotatable bonds is 7. The molecule has 0 saturated heterocycles. The Morgan fingerprint density at radius 2 is 1.79 bits per heavy atom. The van der Waals surface area contributed by atoms with Crippen LogP contribution in [0.25, 0.3) is 0 Å². The van der Waals surface area contributed by atoms with Crippen molar-refractivity contribution in [3.05, 3.63) is 59.4 Å². The van der Waals surface area contributed by atoms with Gasteiger partial charge in [-0.3, -0.25) is 9.59 Å². The minimum absolute atomic E-state index is 0.143. The number of halogens is 1. The van der Waals surface area contributed by atoms with Gasteiger partial charge in [0.15, 0.2) is 11.5 Å². The molecule has 6 nitrogen and oxygen atoms in total. The lowest BCUT2D eigenvalue weighted by molar-refractivity contribution is -0.140. The molecule has 2 aromatic rings. The second-order valence-electron chi connectivity index (χ2n) is 6.58. The molecule has 1 aliphatic heterocycles.